The molecule has 0 N–H and O–H groups in total. The highest BCUT2D eigenvalue weighted by Gasteiger charge is 2.20. The lowest BCUT2D eigenvalue weighted by atomic mass is 10.1. The van der Waals surface area contributed by atoms with Gasteiger partial charge in [0.15, 0.2) is 12.4 Å². The fourth-order valence-corrected chi connectivity index (χ4v) is 3.02. The Morgan fingerprint density at radius 1 is 1.12 bits per heavy atom. The second kappa shape index (κ2) is 6.47. The number of carbonyl (C=O) groups is 2. The van der Waals surface area contributed by atoms with Crippen LogP contribution in [0.25, 0.3) is 11.0 Å². The van der Waals surface area contributed by atoms with Gasteiger partial charge in [-0.25, -0.2) is 0 Å². The Bertz CT molecular complexity index is 903. The molecule has 2 aromatic heterocycles. The standard InChI is InChI=1S/C19H17NO5/c21-18(20-7-1-2-8-20)12-24-13-5-6-16-14(10-13)15(11-25-16)19(22)17-4-3-9-23-17/h3-6,9-11H,1-2,7-8,12H2. The minimum Gasteiger partial charge on any atom is -0.484 e. The van der Waals surface area contributed by atoms with Crippen molar-refractivity contribution in [1.82, 2.24) is 4.90 Å². The first-order valence-corrected chi connectivity index (χ1v) is 8.22. The molecule has 0 spiro atoms. The number of fused-ring (bicyclic) bond motifs is 1. The first-order chi connectivity index (χ1) is 12.2. The maximum Gasteiger partial charge on any atom is 0.260 e. The van der Waals surface area contributed by atoms with E-state index in [2.05, 4.69) is 0 Å². The summed E-state index contributed by atoms with van der Waals surface area (Å²) in [7, 11) is 0. The number of benzene rings is 1. The van der Waals surface area contributed by atoms with Crippen LogP contribution in [-0.4, -0.2) is 36.3 Å². The summed E-state index contributed by atoms with van der Waals surface area (Å²) in [5.41, 5.74) is 0.981. The number of furan rings is 2. The molecule has 0 aliphatic carbocycles. The molecule has 3 aromatic rings. The molecule has 1 aromatic carbocycles. The maximum atomic E-state index is 12.5. The largest absolute Gasteiger partial charge is 0.484 e. The molecule has 128 valence electrons. The minimum atomic E-state index is -0.256. The van der Waals surface area contributed by atoms with Gasteiger partial charge in [0.1, 0.15) is 17.6 Å². The van der Waals surface area contributed by atoms with Gasteiger partial charge in [-0.3, -0.25) is 9.59 Å². The van der Waals surface area contributed by atoms with Crippen molar-refractivity contribution in [2.75, 3.05) is 19.7 Å². The number of carbonyl (C=O) groups excluding carboxylic acids is 2. The quantitative estimate of drug-likeness (QED) is 0.667. The highest BCUT2D eigenvalue weighted by molar-refractivity contribution is 6.14. The Morgan fingerprint density at radius 2 is 1.96 bits per heavy atom. The predicted molar refractivity (Wildman–Crippen MR) is 89.7 cm³/mol. The number of likely N-dealkylation sites (tertiary alicyclic amines) is 1. The zero-order valence-corrected chi connectivity index (χ0v) is 13.6. The highest BCUT2D eigenvalue weighted by Crippen LogP contribution is 2.28. The minimum absolute atomic E-state index is 0.00911. The molecule has 0 atom stereocenters. The molecule has 0 radical (unpaired) electrons. The normalized spacial score (nSPS) is 14.2. The molecule has 0 unspecified atom stereocenters. The van der Waals surface area contributed by atoms with Gasteiger partial charge >= 0.3 is 0 Å². The fourth-order valence-electron chi connectivity index (χ4n) is 3.02. The number of ether oxygens (including phenoxy) is 1. The van der Waals surface area contributed by atoms with Gasteiger partial charge in [0, 0.05) is 18.5 Å². The number of nitrogens with zero attached hydrogens (tertiary/aromatic N) is 1. The first kappa shape index (κ1) is 15.5. The molecule has 4 rings (SSSR count). The van der Waals surface area contributed by atoms with Crippen LogP contribution in [0.3, 0.4) is 0 Å². The Labute approximate surface area is 144 Å². The van der Waals surface area contributed by atoms with E-state index in [1.807, 2.05) is 4.90 Å². The van der Waals surface area contributed by atoms with E-state index < -0.39 is 0 Å². The summed E-state index contributed by atoms with van der Waals surface area (Å²) in [5, 5.41) is 0.632. The zero-order chi connectivity index (χ0) is 17.2. The number of hydrogen-bond donors (Lipinski definition) is 0. The van der Waals surface area contributed by atoms with Crippen molar-refractivity contribution in [3.05, 3.63) is 54.2 Å². The molecule has 1 aliphatic rings. The molecule has 1 saturated heterocycles. The molecule has 6 nitrogen and oxygen atoms in total. The van der Waals surface area contributed by atoms with Gasteiger partial charge in [0.25, 0.3) is 5.91 Å². The van der Waals surface area contributed by atoms with Crippen molar-refractivity contribution in [3.8, 4) is 5.75 Å². The van der Waals surface area contributed by atoms with Crippen LogP contribution in [0.1, 0.15) is 29.0 Å². The number of ketones is 1. The lowest BCUT2D eigenvalue weighted by Gasteiger charge is -2.15. The highest BCUT2D eigenvalue weighted by atomic mass is 16.5. The van der Waals surface area contributed by atoms with Crippen LogP contribution >= 0.6 is 0 Å². The van der Waals surface area contributed by atoms with Gasteiger partial charge in [0.05, 0.1) is 11.8 Å². The monoisotopic (exact) mass is 339 g/mol. The van der Waals surface area contributed by atoms with Crippen molar-refractivity contribution < 1.29 is 23.2 Å². The Kier molecular flexibility index (Phi) is 4.01. The van der Waals surface area contributed by atoms with Crippen LogP contribution in [0, 0.1) is 0 Å². The van der Waals surface area contributed by atoms with Crippen molar-refractivity contribution in [3.63, 3.8) is 0 Å². The molecule has 1 amide bonds. The predicted octanol–water partition coefficient (Wildman–Crippen LogP) is 3.26. The summed E-state index contributed by atoms with van der Waals surface area (Å²) in [5.74, 6) is 0.499. The van der Waals surface area contributed by atoms with E-state index in [1.165, 1.54) is 12.5 Å². The molecular formula is C19H17NO5. The molecule has 3 heterocycles. The van der Waals surface area contributed by atoms with Crippen LogP contribution in [-0.2, 0) is 4.79 Å². The van der Waals surface area contributed by atoms with E-state index in [0.717, 1.165) is 25.9 Å². The third-order valence-corrected chi connectivity index (χ3v) is 4.36. The summed E-state index contributed by atoms with van der Waals surface area (Å²) in [6, 6.07) is 8.44. The molecule has 0 saturated carbocycles. The SMILES string of the molecule is O=C(c1ccco1)c1coc2ccc(OCC(=O)N3CCCC3)cc12. The number of rotatable bonds is 5. The third kappa shape index (κ3) is 3.03. The average Bonchev–Trinajstić information content (AvgIpc) is 3.40. The van der Waals surface area contributed by atoms with Gasteiger partial charge in [-0.05, 0) is 43.2 Å². The lowest BCUT2D eigenvalue weighted by Crippen LogP contribution is -2.32. The summed E-state index contributed by atoms with van der Waals surface area (Å²) >= 11 is 0. The summed E-state index contributed by atoms with van der Waals surface area (Å²) in [6.07, 6.45) is 4.96. The Morgan fingerprint density at radius 3 is 2.72 bits per heavy atom. The summed E-state index contributed by atoms with van der Waals surface area (Å²) in [6.45, 7) is 1.58. The Hall–Kier alpha value is -3.02. The number of amides is 1. The van der Waals surface area contributed by atoms with Gasteiger partial charge in [0.2, 0.25) is 5.78 Å². The molecule has 1 aliphatic heterocycles. The van der Waals surface area contributed by atoms with Gasteiger partial charge < -0.3 is 18.5 Å². The first-order valence-electron chi connectivity index (χ1n) is 8.22. The van der Waals surface area contributed by atoms with Crippen LogP contribution in [0.15, 0.2) is 51.7 Å². The van der Waals surface area contributed by atoms with E-state index in [9.17, 15) is 9.59 Å². The zero-order valence-electron chi connectivity index (χ0n) is 13.6. The van der Waals surface area contributed by atoms with Gasteiger partial charge in [-0.15, -0.1) is 0 Å². The van der Waals surface area contributed by atoms with Crippen LogP contribution < -0.4 is 4.74 Å². The van der Waals surface area contributed by atoms with Crippen molar-refractivity contribution >= 4 is 22.7 Å². The van der Waals surface area contributed by atoms with Crippen LogP contribution in [0.5, 0.6) is 5.75 Å². The van der Waals surface area contributed by atoms with E-state index >= 15 is 0 Å². The smallest absolute Gasteiger partial charge is 0.260 e. The summed E-state index contributed by atoms with van der Waals surface area (Å²) in [4.78, 5) is 26.4. The Balaban J connectivity index is 1.54. The number of hydrogen-bond acceptors (Lipinski definition) is 5. The van der Waals surface area contributed by atoms with Gasteiger partial charge in [-0.2, -0.15) is 0 Å². The second-order valence-electron chi connectivity index (χ2n) is 5.99. The van der Waals surface area contributed by atoms with Crippen LogP contribution in [0.4, 0.5) is 0 Å². The van der Waals surface area contributed by atoms with E-state index in [0.29, 0.717) is 22.3 Å². The topological polar surface area (TPSA) is 72.9 Å². The molecule has 0 bridgehead atoms. The van der Waals surface area contributed by atoms with Crippen LogP contribution in [0.2, 0.25) is 0 Å². The molecule has 6 heteroatoms. The lowest BCUT2D eigenvalue weighted by molar-refractivity contribution is -0.132. The van der Waals surface area contributed by atoms with Gasteiger partial charge in [-0.1, -0.05) is 0 Å². The van der Waals surface area contributed by atoms with Crippen molar-refractivity contribution in [2.45, 2.75) is 12.8 Å². The van der Waals surface area contributed by atoms with E-state index in [1.54, 1.807) is 30.3 Å². The average molecular weight is 339 g/mol. The molecule has 25 heavy (non-hydrogen) atoms. The van der Waals surface area contributed by atoms with E-state index in [4.69, 9.17) is 13.6 Å². The molecule has 1 fully saturated rings. The third-order valence-electron chi connectivity index (χ3n) is 4.36. The fraction of sp³-hybridized carbons (Fsp3) is 0.263. The van der Waals surface area contributed by atoms with Crippen molar-refractivity contribution in [1.29, 1.82) is 0 Å². The molecular weight excluding hydrogens is 322 g/mol. The summed E-state index contributed by atoms with van der Waals surface area (Å²) < 4.78 is 16.2. The van der Waals surface area contributed by atoms with Crippen molar-refractivity contribution in [2.24, 2.45) is 0 Å². The second-order valence-corrected chi connectivity index (χ2v) is 5.99. The maximum absolute atomic E-state index is 12.5. The van der Waals surface area contributed by atoms with E-state index in [-0.39, 0.29) is 24.1 Å².